The minimum Gasteiger partial charge on any atom is -0.480 e. The van der Waals surface area contributed by atoms with Crippen LogP contribution in [0.15, 0.2) is 42.6 Å². The number of nitrogen functional groups attached to an aromatic ring is 1. The van der Waals surface area contributed by atoms with Crippen molar-refractivity contribution in [1.82, 2.24) is 19.7 Å². The smallest absolute Gasteiger partial charge is 0.429 e. The van der Waals surface area contributed by atoms with Crippen LogP contribution in [0.4, 0.5) is 19.1 Å². The third-order valence-electron chi connectivity index (χ3n) is 6.30. The third-order valence-corrected chi connectivity index (χ3v) is 6.53. The van der Waals surface area contributed by atoms with Crippen LogP contribution in [-0.2, 0) is 11.8 Å². The summed E-state index contributed by atoms with van der Waals surface area (Å²) in [4.78, 5) is 19.1. The highest BCUT2D eigenvalue weighted by Crippen LogP contribution is 2.42. The zero-order chi connectivity index (χ0) is 27.6. The normalized spacial score (nSPS) is 17.1. The van der Waals surface area contributed by atoms with Crippen LogP contribution in [0.2, 0.25) is 5.02 Å². The van der Waals surface area contributed by atoms with Gasteiger partial charge in [-0.1, -0.05) is 23.7 Å². The van der Waals surface area contributed by atoms with Crippen molar-refractivity contribution in [2.24, 2.45) is 18.7 Å². The quantitative estimate of drug-likeness (QED) is 0.327. The predicted molar refractivity (Wildman–Crippen MR) is 142 cm³/mol. The molecule has 0 amide bonds. The molecule has 0 fully saturated rings. The first-order valence-electron chi connectivity index (χ1n) is 11.8. The first-order valence-corrected chi connectivity index (χ1v) is 12.1. The van der Waals surface area contributed by atoms with Crippen LogP contribution in [0, 0.1) is 5.92 Å². The molecule has 0 radical (unpaired) electrons. The molecule has 0 saturated heterocycles. The van der Waals surface area contributed by atoms with Crippen molar-refractivity contribution < 1.29 is 27.8 Å². The molecular weight excluding hydrogens is 560 g/mol. The average Bonchev–Trinajstić information content (AvgIpc) is 3.28. The molecule has 2 aromatic heterocycles. The van der Waals surface area contributed by atoms with E-state index in [1.165, 1.54) is 28.9 Å². The second-order valence-electron chi connectivity index (χ2n) is 9.15. The SMILES string of the molecule is Cl.Cn1ccc(-c2cc(Cl)ccc2[C@@H](Oc2cc(C3=CCC(C[C@H](N)C(=O)O)CC3)nc(N)n2)C(F)(F)F)n1. The number of halogens is 5. The number of nitrogens with two attached hydrogens (primary N) is 2. The van der Waals surface area contributed by atoms with E-state index >= 15 is 0 Å². The molecule has 0 aliphatic heterocycles. The lowest BCUT2D eigenvalue weighted by Gasteiger charge is -2.25. The van der Waals surface area contributed by atoms with Crippen molar-refractivity contribution in [1.29, 1.82) is 0 Å². The summed E-state index contributed by atoms with van der Waals surface area (Å²) in [5, 5.41) is 13.5. The van der Waals surface area contributed by atoms with Crippen LogP contribution in [0.1, 0.15) is 43.0 Å². The van der Waals surface area contributed by atoms with Crippen LogP contribution in [-0.4, -0.2) is 43.0 Å². The lowest BCUT2D eigenvalue weighted by Crippen LogP contribution is -2.32. The number of aryl methyl sites for hydroxylation is 1. The Bertz CT molecular complexity index is 1370. The first-order chi connectivity index (χ1) is 17.9. The number of aromatic nitrogens is 4. The maximum absolute atomic E-state index is 14.3. The van der Waals surface area contributed by atoms with Crippen molar-refractivity contribution >= 4 is 41.5 Å². The first kappa shape index (κ1) is 30.2. The number of rotatable bonds is 8. The van der Waals surface area contributed by atoms with E-state index in [0.29, 0.717) is 37.1 Å². The van der Waals surface area contributed by atoms with Gasteiger partial charge in [-0.25, -0.2) is 4.98 Å². The Morgan fingerprint density at radius 2 is 2.00 bits per heavy atom. The molecule has 210 valence electrons. The number of carboxylic acids is 1. The molecule has 3 aromatic rings. The Balaban J connectivity index is 0.00000420. The summed E-state index contributed by atoms with van der Waals surface area (Å²) < 4.78 is 49.9. The van der Waals surface area contributed by atoms with Crippen molar-refractivity contribution in [3.8, 4) is 17.1 Å². The van der Waals surface area contributed by atoms with E-state index in [-0.39, 0.29) is 46.3 Å². The Morgan fingerprint density at radius 1 is 1.26 bits per heavy atom. The minimum absolute atomic E-state index is 0. The number of carboxylic acid groups (broad SMARTS) is 1. The molecule has 9 nitrogen and oxygen atoms in total. The molecule has 14 heteroatoms. The predicted octanol–water partition coefficient (Wildman–Crippen LogP) is 5.20. The number of carbonyl (C=O) groups is 1. The van der Waals surface area contributed by atoms with Gasteiger partial charge in [0.15, 0.2) is 0 Å². The molecule has 5 N–H and O–H groups in total. The van der Waals surface area contributed by atoms with Gasteiger partial charge in [-0.05, 0) is 55.4 Å². The molecule has 1 aliphatic rings. The highest BCUT2D eigenvalue weighted by atomic mass is 35.5. The second-order valence-corrected chi connectivity index (χ2v) is 9.58. The number of aliphatic carboxylic acids is 1. The fourth-order valence-electron chi connectivity index (χ4n) is 4.43. The maximum Gasteiger partial charge on any atom is 0.429 e. The van der Waals surface area contributed by atoms with Gasteiger partial charge in [-0.3, -0.25) is 9.48 Å². The third kappa shape index (κ3) is 7.40. The second kappa shape index (κ2) is 12.2. The van der Waals surface area contributed by atoms with E-state index in [1.54, 1.807) is 19.3 Å². The van der Waals surface area contributed by atoms with Crippen LogP contribution < -0.4 is 16.2 Å². The van der Waals surface area contributed by atoms with E-state index in [9.17, 15) is 18.0 Å². The zero-order valence-corrected chi connectivity index (χ0v) is 22.3. The Kier molecular flexibility index (Phi) is 9.47. The van der Waals surface area contributed by atoms with Gasteiger partial charge in [0, 0.05) is 35.5 Å². The van der Waals surface area contributed by atoms with Crippen LogP contribution in [0.25, 0.3) is 16.8 Å². The summed E-state index contributed by atoms with van der Waals surface area (Å²) in [5.74, 6) is -1.57. The molecule has 0 saturated carbocycles. The van der Waals surface area contributed by atoms with Gasteiger partial charge in [0.1, 0.15) is 6.04 Å². The number of benzene rings is 1. The minimum atomic E-state index is -4.81. The Morgan fingerprint density at radius 3 is 2.59 bits per heavy atom. The molecule has 1 unspecified atom stereocenters. The van der Waals surface area contributed by atoms with E-state index in [1.807, 2.05) is 6.08 Å². The van der Waals surface area contributed by atoms with Crippen molar-refractivity contribution in [2.45, 2.75) is 44.0 Å². The van der Waals surface area contributed by atoms with Crippen molar-refractivity contribution in [3.63, 3.8) is 0 Å². The monoisotopic (exact) mass is 586 g/mol. The number of anilines is 1. The summed E-state index contributed by atoms with van der Waals surface area (Å²) in [6, 6.07) is 5.95. The summed E-state index contributed by atoms with van der Waals surface area (Å²) in [7, 11) is 1.65. The fraction of sp³-hybridized carbons (Fsp3) is 0.360. The van der Waals surface area contributed by atoms with Crippen LogP contribution >= 0.6 is 24.0 Å². The van der Waals surface area contributed by atoms with Crippen molar-refractivity contribution in [3.05, 3.63) is 58.9 Å². The lowest BCUT2D eigenvalue weighted by molar-refractivity contribution is -0.198. The fourth-order valence-corrected chi connectivity index (χ4v) is 4.60. The van der Waals surface area contributed by atoms with Gasteiger partial charge in [0.25, 0.3) is 0 Å². The maximum atomic E-state index is 14.3. The molecule has 2 heterocycles. The van der Waals surface area contributed by atoms with E-state index < -0.39 is 24.3 Å². The number of hydrogen-bond donors (Lipinski definition) is 3. The molecule has 39 heavy (non-hydrogen) atoms. The molecule has 1 aliphatic carbocycles. The van der Waals surface area contributed by atoms with Gasteiger partial charge in [0.2, 0.25) is 17.9 Å². The summed E-state index contributed by atoms with van der Waals surface area (Å²) >= 11 is 6.10. The van der Waals surface area contributed by atoms with E-state index in [0.717, 1.165) is 5.57 Å². The zero-order valence-electron chi connectivity index (χ0n) is 20.7. The highest BCUT2D eigenvalue weighted by molar-refractivity contribution is 6.30. The van der Waals surface area contributed by atoms with E-state index in [4.69, 9.17) is 32.9 Å². The lowest BCUT2D eigenvalue weighted by atomic mass is 9.84. The van der Waals surface area contributed by atoms with E-state index in [2.05, 4.69) is 15.1 Å². The summed E-state index contributed by atoms with van der Waals surface area (Å²) in [6.45, 7) is 0. The molecule has 4 rings (SSSR count). The van der Waals surface area contributed by atoms with Gasteiger partial charge in [-0.15, -0.1) is 12.4 Å². The molecule has 0 spiro atoms. The molecule has 0 bridgehead atoms. The van der Waals surface area contributed by atoms with Crippen LogP contribution in [0.3, 0.4) is 0 Å². The highest BCUT2D eigenvalue weighted by Gasteiger charge is 2.45. The van der Waals surface area contributed by atoms with Crippen molar-refractivity contribution in [2.75, 3.05) is 5.73 Å². The average molecular weight is 587 g/mol. The number of allylic oxidation sites excluding steroid dienone is 2. The van der Waals surface area contributed by atoms with Gasteiger partial charge >= 0.3 is 12.1 Å². The molecule has 3 atom stereocenters. The van der Waals surface area contributed by atoms with Gasteiger partial charge in [-0.2, -0.15) is 23.3 Å². The summed E-state index contributed by atoms with van der Waals surface area (Å²) in [5.41, 5.74) is 12.9. The molecular formula is C25H27Cl2F3N6O3. The largest absolute Gasteiger partial charge is 0.480 e. The standard InChI is InChI=1S/C25H26ClF3N6O3.ClH/c1-35-9-8-19(34-35)17-11-15(26)6-7-16(17)22(25(27,28)29)38-21-12-20(32-24(31)33-21)14-4-2-13(3-5-14)10-18(30)23(36)37;/h4,6-9,11-13,18,22H,2-3,5,10,30H2,1H3,(H,36,37)(H2,31,32,33);1H/t13?,18-,22+;/m0./s1. The number of nitrogens with zero attached hydrogens (tertiary/aromatic N) is 4. The summed E-state index contributed by atoms with van der Waals surface area (Å²) in [6.07, 6.45) is -1.66. The Hall–Kier alpha value is -3.35. The molecule has 1 aromatic carbocycles. The van der Waals surface area contributed by atoms with Gasteiger partial charge < -0.3 is 21.3 Å². The van der Waals surface area contributed by atoms with Crippen LogP contribution in [0.5, 0.6) is 5.88 Å². The topological polar surface area (TPSA) is 142 Å². The number of ether oxygens (including phenoxy) is 1. The van der Waals surface area contributed by atoms with Gasteiger partial charge in [0.05, 0.1) is 11.4 Å². The number of alkyl halides is 3. The number of hydrogen-bond acceptors (Lipinski definition) is 7. The Labute approximate surface area is 233 Å².